The first-order chi connectivity index (χ1) is 6.66. The average molecular weight is 263 g/mol. The molecular weight excluding hydrogens is 250 g/mol. The van der Waals surface area contributed by atoms with Crippen molar-refractivity contribution in [1.29, 1.82) is 0 Å². The summed E-state index contributed by atoms with van der Waals surface area (Å²) in [4.78, 5) is 0. The maximum atomic E-state index is 12.6. The van der Waals surface area contributed by atoms with E-state index in [0.717, 1.165) is 29.3 Å². The topological polar surface area (TPSA) is 0 Å². The van der Waals surface area contributed by atoms with Crippen molar-refractivity contribution in [3.8, 4) is 0 Å². The highest BCUT2D eigenvalue weighted by atomic mass is 79.9. The largest absolute Gasteiger partial charge is 0.264 e. The molecule has 0 aromatic heterocycles. The summed E-state index contributed by atoms with van der Waals surface area (Å²) < 4.78 is 25.2. The summed E-state index contributed by atoms with van der Waals surface area (Å²) in [7, 11) is 0. The molecule has 0 N–H and O–H groups in total. The number of hydrogen-bond acceptors (Lipinski definition) is 0. The molecule has 0 fully saturated rings. The summed E-state index contributed by atoms with van der Waals surface area (Å²) in [6, 6.07) is 5.09. The van der Waals surface area contributed by atoms with Crippen molar-refractivity contribution in [2.24, 2.45) is 0 Å². The van der Waals surface area contributed by atoms with Crippen molar-refractivity contribution in [2.45, 2.75) is 26.2 Å². The number of benzene rings is 1. The second-order valence-electron chi connectivity index (χ2n) is 3.24. The van der Waals surface area contributed by atoms with Crippen molar-refractivity contribution >= 4 is 15.9 Å². The SMILES string of the molecule is Cc1cccc(C(F)F)c1CCCBr. The third kappa shape index (κ3) is 2.77. The summed E-state index contributed by atoms with van der Waals surface area (Å²) in [6.07, 6.45) is -0.748. The Morgan fingerprint density at radius 1 is 1.36 bits per heavy atom. The summed E-state index contributed by atoms with van der Waals surface area (Å²) in [5.41, 5.74) is 1.96. The monoisotopic (exact) mass is 262 g/mol. The molecule has 1 rings (SSSR count). The van der Waals surface area contributed by atoms with E-state index < -0.39 is 6.43 Å². The molecule has 0 saturated heterocycles. The summed E-state index contributed by atoms with van der Waals surface area (Å²) in [6.45, 7) is 1.88. The Kier molecular flexibility index (Phi) is 4.52. The lowest BCUT2D eigenvalue weighted by Crippen LogP contribution is -1.98. The molecule has 0 bridgehead atoms. The van der Waals surface area contributed by atoms with Crippen LogP contribution in [-0.4, -0.2) is 5.33 Å². The van der Waals surface area contributed by atoms with E-state index >= 15 is 0 Å². The molecule has 3 heteroatoms. The highest BCUT2D eigenvalue weighted by molar-refractivity contribution is 9.09. The van der Waals surface area contributed by atoms with Crippen LogP contribution in [-0.2, 0) is 6.42 Å². The van der Waals surface area contributed by atoms with Gasteiger partial charge < -0.3 is 0 Å². The van der Waals surface area contributed by atoms with Gasteiger partial charge in [0.1, 0.15) is 0 Å². The fourth-order valence-corrected chi connectivity index (χ4v) is 1.79. The minimum Gasteiger partial charge on any atom is -0.205 e. The van der Waals surface area contributed by atoms with Gasteiger partial charge in [-0.05, 0) is 30.9 Å². The third-order valence-corrected chi connectivity index (χ3v) is 2.80. The van der Waals surface area contributed by atoms with Crippen LogP contribution in [0.1, 0.15) is 29.5 Å². The first-order valence-electron chi connectivity index (χ1n) is 4.59. The summed E-state index contributed by atoms with van der Waals surface area (Å²) >= 11 is 3.31. The lowest BCUT2D eigenvalue weighted by atomic mass is 9.98. The lowest BCUT2D eigenvalue weighted by Gasteiger charge is -2.11. The fraction of sp³-hybridized carbons (Fsp3) is 0.455. The fourth-order valence-electron chi connectivity index (χ4n) is 1.51. The number of rotatable bonds is 4. The maximum Gasteiger partial charge on any atom is 0.264 e. The van der Waals surface area contributed by atoms with Crippen LogP contribution in [0.5, 0.6) is 0 Å². The van der Waals surface area contributed by atoms with E-state index in [1.54, 1.807) is 6.07 Å². The van der Waals surface area contributed by atoms with E-state index in [4.69, 9.17) is 0 Å². The van der Waals surface area contributed by atoms with Crippen LogP contribution in [0.15, 0.2) is 18.2 Å². The minimum absolute atomic E-state index is 0.186. The van der Waals surface area contributed by atoms with Crippen molar-refractivity contribution in [3.05, 3.63) is 34.9 Å². The molecule has 14 heavy (non-hydrogen) atoms. The van der Waals surface area contributed by atoms with Crippen LogP contribution < -0.4 is 0 Å². The minimum atomic E-state index is -2.36. The molecule has 0 aliphatic carbocycles. The normalized spacial score (nSPS) is 10.9. The number of hydrogen-bond donors (Lipinski definition) is 0. The standard InChI is InChI=1S/C11H13BrF2/c1-8-4-2-5-10(11(13)14)9(8)6-3-7-12/h2,4-5,11H,3,6-7H2,1H3. The highest BCUT2D eigenvalue weighted by Crippen LogP contribution is 2.26. The molecule has 0 aliphatic heterocycles. The summed E-state index contributed by atoms with van der Waals surface area (Å²) in [5, 5.41) is 0.851. The number of alkyl halides is 3. The Bertz CT molecular complexity index is 297. The van der Waals surface area contributed by atoms with Crippen LogP contribution in [0.25, 0.3) is 0 Å². The van der Waals surface area contributed by atoms with Crippen LogP contribution in [0.3, 0.4) is 0 Å². The first kappa shape index (κ1) is 11.6. The highest BCUT2D eigenvalue weighted by Gasteiger charge is 2.13. The van der Waals surface area contributed by atoms with Crippen LogP contribution in [0, 0.1) is 6.92 Å². The van der Waals surface area contributed by atoms with Crippen molar-refractivity contribution in [1.82, 2.24) is 0 Å². The Balaban J connectivity index is 2.96. The van der Waals surface area contributed by atoms with Crippen LogP contribution in [0.4, 0.5) is 8.78 Å². The number of halogens is 3. The van der Waals surface area contributed by atoms with E-state index in [-0.39, 0.29) is 5.56 Å². The molecule has 0 radical (unpaired) electrons. The molecule has 1 aromatic rings. The molecule has 0 heterocycles. The van der Waals surface area contributed by atoms with Gasteiger partial charge in [-0.1, -0.05) is 34.1 Å². The molecule has 0 aliphatic rings. The van der Waals surface area contributed by atoms with Crippen molar-refractivity contribution in [3.63, 3.8) is 0 Å². The van der Waals surface area contributed by atoms with Gasteiger partial charge in [0.2, 0.25) is 0 Å². The molecular formula is C11H13BrF2. The Labute approximate surface area is 91.5 Å². The van der Waals surface area contributed by atoms with Gasteiger partial charge in [-0.25, -0.2) is 8.78 Å². The second-order valence-corrected chi connectivity index (χ2v) is 4.03. The van der Waals surface area contributed by atoms with Gasteiger partial charge in [0.25, 0.3) is 6.43 Å². The molecule has 0 spiro atoms. The zero-order valence-corrected chi connectivity index (χ0v) is 9.65. The molecule has 78 valence electrons. The van der Waals surface area contributed by atoms with Gasteiger partial charge >= 0.3 is 0 Å². The van der Waals surface area contributed by atoms with Gasteiger partial charge in [0.15, 0.2) is 0 Å². The van der Waals surface area contributed by atoms with Crippen molar-refractivity contribution < 1.29 is 8.78 Å². The second kappa shape index (κ2) is 5.44. The Morgan fingerprint density at radius 3 is 2.64 bits per heavy atom. The van der Waals surface area contributed by atoms with Gasteiger partial charge in [-0.15, -0.1) is 0 Å². The van der Waals surface area contributed by atoms with E-state index in [9.17, 15) is 8.78 Å². The molecule has 0 unspecified atom stereocenters. The Morgan fingerprint density at radius 2 is 2.07 bits per heavy atom. The van der Waals surface area contributed by atoms with Gasteiger partial charge in [-0.2, -0.15) is 0 Å². The van der Waals surface area contributed by atoms with Crippen molar-refractivity contribution in [2.75, 3.05) is 5.33 Å². The molecule has 0 nitrogen and oxygen atoms in total. The average Bonchev–Trinajstić information content (AvgIpc) is 2.15. The molecule has 0 amide bonds. The van der Waals surface area contributed by atoms with E-state index in [0.29, 0.717) is 0 Å². The third-order valence-electron chi connectivity index (χ3n) is 2.24. The maximum absolute atomic E-state index is 12.6. The zero-order valence-electron chi connectivity index (χ0n) is 8.06. The molecule has 0 saturated carbocycles. The predicted molar refractivity (Wildman–Crippen MR) is 58.3 cm³/mol. The lowest BCUT2D eigenvalue weighted by molar-refractivity contribution is 0.150. The van der Waals surface area contributed by atoms with Crippen LogP contribution in [0.2, 0.25) is 0 Å². The quantitative estimate of drug-likeness (QED) is 0.712. The van der Waals surface area contributed by atoms with Gasteiger partial charge in [0.05, 0.1) is 0 Å². The van der Waals surface area contributed by atoms with Gasteiger partial charge in [-0.3, -0.25) is 0 Å². The first-order valence-corrected chi connectivity index (χ1v) is 5.71. The smallest absolute Gasteiger partial charge is 0.205 e. The Hall–Kier alpha value is -0.440. The molecule has 0 atom stereocenters. The predicted octanol–water partition coefficient (Wildman–Crippen LogP) is 4.26. The molecule has 1 aromatic carbocycles. The van der Waals surface area contributed by atoms with E-state index in [1.165, 1.54) is 6.07 Å². The summed E-state index contributed by atoms with van der Waals surface area (Å²) in [5.74, 6) is 0. The van der Waals surface area contributed by atoms with E-state index in [2.05, 4.69) is 15.9 Å². The van der Waals surface area contributed by atoms with E-state index in [1.807, 2.05) is 13.0 Å². The zero-order chi connectivity index (χ0) is 10.6. The van der Waals surface area contributed by atoms with Gasteiger partial charge in [0, 0.05) is 10.9 Å². The van der Waals surface area contributed by atoms with Crippen LogP contribution >= 0.6 is 15.9 Å². The number of aryl methyl sites for hydroxylation is 1.